The van der Waals surface area contributed by atoms with Gasteiger partial charge in [-0.3, -0.25) is 4.79 Å². The van der Waals surface area contributed by atoms with E-state index in [1.165, 1.54) is 13.0 Å². The molecule has 1 fully saturated rings. The summed E-state index contributed by atoms with van der Waals surface area (Å²) in [6.45, 7) is 1.99. The second-order valence-corrected chi connectivity index (χ2v) is 5.24. The van der Waals surface area contributed by atoms with Crippen LogP contribution in [0.3, 0.4) is 0 Å². The largest absolute Gasteiger partial charge is 0.396 e. The van der Waals surface area contributed by atoms with Crippen LogP contribution in [-0.2, 0) is 0 Å². The molecule has 19 heavy (non-hydrogen) atoms. The molecule has 1 aromatic rings. The molecule has 0 saturated heterocycles. The van der Waals surface area contributed by atoms with Crippen molar-refractivity contribution in [3.63, 3.8) is 0 Å². The third-order valence-corrected chi connectivity index (χ3v) is 3.72. The third kappa shape index (κ3) is 3.10. The first-order valence-electron chi connectivity index (χ1n) is 6.32. The van der Waals surface area contributed by atoms with Gasteiger partial charge in [-0.2, -0.15) is 0 Å². The predicted molar refractivity (Wildman–Crippen MR) is 66.8 cm³/mol. The van der Waals surface area contributed by atoms with E-state index < -0.39 is 17.5 Å². The minimum Gasteiger partial charge on any atom is -0.396 e. The Bertz CT molecular complexity index is 498. The molecule has 1 amide bonds. The highest BCUT2D eigenvalue weighted by Gasteiger charge is 2.42. The minimum atomic E-state index is -0.854. The highest BCUT2D eigenvalue weighted by molar-refractivity contribution is 5.94. The number of aliphatic hydroxyl groups excluding tert-OH is 1. The standard InChI is InChI=1S/C14H17F2NO2/c1-9-6-10(12(16)7-11(9)15)13(19)17-8-14(2-3-14)4-5-18/h6-7,18H,2-5,8H2,1H3,(H,17,19). The van der Waals surface area contributed by atoms with E-state index in [4.69, 9.17) is 5.11 Å². The lowest BCUT2D eigenvalue weighted by Crippen LogP contribution is -2.31. The normalized spacial score (nSPS) is 16.2. The Labute approximate surface area is 110 Å². The fraction of sp³-hybridized carbons (Fsp3) is 0.500. The Morgan fingerprint density at radius 3 is 2.63 bits per heavy atom. The zero-order valence-electron chi connectivity index (χ0n) is 10.8. The van der Waals surface area contributed by atoms with Crippen molar-refractivity contribution in [2.45, 2.75) is 26.2 Å². The molecule has 0 unspecified atom stereocenters. The van der Waals surface area contributed by atoms with Crippen molar-refractivity contribution in [3.05, 3.63) is 34.9 Å². The quantitative estimate of drug-likeness (QED) is 0.860. The number of carbonyl (C=O) groups is 1. The molecule has 3 nitrogen and oxygen atoms in total. The topological polar surface area (TPSA) is 49.3 Å². The lowest BCUT2D eigenvalue weighted by molar-refractivity contribution is 0.0936. The number of rotatable bonds is 5. The second-order valence-electron chi connectivity index (χ2n) is 5.24. The van der Waals surface area contributed by atoms with Crippen LogP contribution in [0, 0.1) is 24.0 Å². The van der Waals surface area contributed by atoms with Gasteiger partial charge in [-0.05, 0) is 43.2 Å². The molecule has 1 aromatic carbocycles. The van der Waals surface area contributed by atoms with Gasteiger partial charge in [-0.25, -0.2) is 8.78 Å². The molecular formula is C14H17F2NO2. The molecule has 1 aliphatic carbocycles. The SMILES string of the molecule is Cc1cc(C(=O)NCC2(CCO)CC2)c(F)cc1F. The maximum Gasteiger partial charge on any atom is 0.254 e. The maximum atomic E-state index is 13.5. The monoisotopic (exact) mass is 269 g/mol. The first-order valence-corrected chi connectivity index (χ1v) is 6.32. The van der Waals surface area contributed by atoms with Gasteiger partial charge in [0.15, 0.2) is 0 Å². The number of carbonyl (C=O) groups excluding carboxylic acids is 1. The van der Waals surface area contributed by atoms with Gasteiger partial charge in [-0.15, -0.1) is 0 Å². The number of benzene rings is 1. The fourth-order valence-electron chi connectivity index (χ4n) is 2.12. The summed E-state index contributed by atoms with van der Waals surface area (Å²) in [6, 6.07) is 1.94. The molecule has 104 valence electrons. The van der Waals surface area contributed by atoms with Gasteiger partial charge in [0.25, 0.3) is 5.91 Å². The third-order valence-electron chi connectivity index (χ3n) is 3.72. The zero-order valence-corrected chi connectivity index (χ0v) is 10.8. The Kier molecular flexibility index (Phi) is 3.85. The van der Waals surface area contributed by atoms with Crippen molar-refractivity contribution in [1.29, 1.82) is 0 Å². The van der Waals surface area contributed by atoms with E-state index in [0.29, 0.717) is 13.0 Å². The van der Waals surface area contributed by atoms with Crippen LogP contribution in [0.15, 0.2) is 12.1 Å². The summed E-state index contributed by atoms with van der Waals surface area (Å²) in [4.78, 5) is 11.9. The van der Waals surface area contributed by atoms with Crippen molar-refractivity contribution in [1.82, 2.24) is 5.32 Å². The van der Waals surface area contributed by atoms with Crippen LogP contribution in [0.25, 0.3) is 0 Å². The van der Waals surface area contributed by atoms with Crippen molar-refractivity contribution < 1.29 is 18.7 Å². The molecule has 0 spiro atoms. The van der Waals surface area contributed by atoms with E-state index in [2.05, 4.69) is 5.32 Å². The van der Waals surface area contributed by atoms with Crippen molar-refractivity contribution in [3.8, 4) is 0 Å². The molecule has 0 atom stereocenters. The molecule has 5 heteroatoms. The predicted octanol–water partition coefficient (Wildman–Crippen LogP) is 2.17. The van der Waals surface area contributed by atoms with Crippen LogP contribution in [0.1, 0.15) is 35.2 Å². The molecular weight excluding hydrogens is 252 g/mol. The smallest absolute Gasteiger partial charge is 0.254 e. The molecule has 0 radical (unpaired) electrons. The van der Waals surface area contributed by atoms with E-state index in [0.717, 1.165) is 18.9 Å². The van der Waals surface area contributed by atoms with Crippen LogP contribution in [0.2, 0.25) is 0 Å². The zero-order chi connectivity index (χ0) is 14.0. The minimum absolute atomic E-state index is 0.0318. The molecule has 1 saturated carbocycles. The average Bonchev–Trinajstić information content (AvgIpc) is 3.12. The van der Waals surface area contributed by atoms with E-state index in [9.17, 15) is 13.6 Å². The number of hydrogen-bond donors (Lipinski definition) is 2. The van der Waals surface area contributed by atoms with Crippen molar-refractivity contribution in [2.75, 3.05) is 13.2 Å². The number of amides is 1. The van der Waals surface area contributed by atoms with Crippen LogP contribution in [0.5, 0.6) is 0 Å². The highest BCUT2D eigenvalue weighted by Crippen LogP contribution is 2.47. The van der Waals surface area contributed by atoms with Crippen molar-refractivity contribution >= 4 is 5.91 Å². The van der Waals surface area contributed by atoms with Gasteiger partial charge in [0.1, 0.15) is 11.6 Å². The summed E-state index contributed by atoms with van der Waals surface area (Å²) in [5, 5.41) is 11.6. The Balaban J connectivity index is 2.02. The van der Waals surface area contributed by atoms with Crippen LogP contribution >= 0.6 is 0 Å². The first-order chi connectivity index (χ1) is 8.97. The fourth-order valence-corrected chi connectivity index (χ4v) is 2.12. The molecule has 2 N–H and O–H groups in total. The second kappa shape index (κ2) is 5.25. The Morgan fingerprint density at radius 2 is 2.05 bits per heavy atom. The van der Waals surface area contributed by atoms with Crippen LogP contribution in [-0.4, -0.2) is 24.2 Å². The van der Waals surface area contributed by atoms with Gasteiger partial charge >= 0.3 is 0 Å². The van der Waals surface area contributed by atoms with E-state index in [-0.39, 0.29) is 23.1 Å². The van der Waals surface area contributed by atoms with E-state index in [1.807, 2.05) is 0 Å². The summed E-state index contributed by atoms with van der Waals surface area (Å²) in [5.41, 5.74) is 0.0671. The maximum absolute atomic E-state index is 13.5. The summed E-state index contributed by atoms with van der Waals surface area (Å²) >= 11 is 0. The van der Waals surface area contributed by atoms with E-state index >= 15 is 0 Å². The number of hydrogen-bond acceptors (Lipinski definition) is 2. The molecule has 2 rings (SSSR count). The average molecular weight is 269 g/mol. The summed E-state index contributed by atoms with van der Waals surface area (Å²) < 4.78 is 26.6. The molecule has 1 aliphatic rings. The summed E-state index contributed by atoms with van der Waals surface area (Å²) in [5.74, 6) is -2.05. The van der Waals surface area contributed by atoms with E-state index in [1.54, 1.807) is 0 Å². The number of aliphatic hydroxyl groups is 1. The van der Waals surface area contributed by atoms with Gasteiger partial charge < -0.3 is 10.4 Å². The van der Waals surface area contributed by atoms with Crippen LogP contribution < -0.4 is 5.32 Å². The van der Waals surface area contributed by atoms with Gasteiger partial charge in [0, 0.05) is 19.2 Å². The van der Waals surface area contributed by atoms with Crippen LogP contribution in [0.4, 0.5) is 8.78 Å². The van der Waals surface area contributed by atoms with Crippen molar-refractivity contribution in [2.24, 2.45) is 5.41 Å². The molecule has 0 bridgehead atoms. The number of halogens is 2. The molecule has 0 aliphatic heterocycles. The summed E-state index contributed by atoms with van der Waals surface area (Å²) in [6.07, 6.45) is 2.55. The van der Waals surface area contributed by atoms with Gasteiger partial charge in [-0.1, -0.05) is 0 Å². The van der Waals surface area contributed by atoms with Gasteiger partial charge in [0.05, 0.1) is 5.56 Å². The number of aryl methyl sites for hydroxylation is 1. The van der Waals surface area contributed by atoms with Gasteiger partial charge in [0.2, 0.25) is 0 Å². The Hall–Kier alpha value is -1.49. The lowest BCUT2D eigenvalue weighted by Gasteiger charge is -2.15. The summed E-state index contributed by atoms with van der Waals surface area (Å²) in [7, 11) is 0. The molecule has 0 aromatic heterocycles. The first kappa shape index (κ1) is 13.9. The lowest BCUT2D eigenvalue weighted by atomic mass is 10.0. The Morgan fingerprint density at radius 1 is 1.37 bits per heavy atom. The number of nitrogens with one attached hydrogen (secondary N) is 1. The molecule has 0 heterocycles. The highest BCUT2D eigenvalue weighted by atomic mass is 19.1.